The summed E-state index contributed by atoms with van der Waals surface area (Å²) in [6, 6.07) is 0. The molecule has 0 amide bonds. The van der Waals surface area contributed by atoms with E-state index in [1.165, 1.54) is 6.92 Å². The molecule has 0 fully saturated rings. The SMILES string of the molecule is CCOC(=O)c1cnc(C(F)F)c(C)c1Br. The van der Waals surface area contributed by atoms with Crippen LogP contribution in [0, 0.1) is 6.92 Å². The van der Waals surface area contributed by atoms with E-state index in [-0.39, 0.29) is 23.4 Å². The Kier molecular flexibility index (Phi) is 4.35. The van der Waals surface area contributed by atoms with E-state index in [1.54, 1.807) is 6.92 Å². The molecule has 0 saturated carbocycles. The Balaban J connectivity index is 3.16. The van der Waals surface area contributed by atoms with Crippen molar-refractivity contribution in [3.8, 4) is 0 Å². The second-order valence-electron chi connectivity index (χ2n) is 3.02. The van der Waals surface area contributed by atoms with E-state index in [9.17, 15) is 13.6 Å². The lowest BCUT2D eigenvalue weighted by molar-refractivity contribution is 0.0524. The first-order valence-electron chi connectivity index (χ1n) is 4.59. The molecule has 0 saturated heterocycles. The van der Waals surface area contributed by atoms with Crippen molar-refractivity contribution in [1.29, 1.82) is 0 Å². The van der Waals surface area contributed by atoms with Gasteiger partial charge in [-0.15, -0.1) is 0 Å². The number of rotatable bonds is 3. The Morgan fingerprint density at radius 1 is 1.62 bits per heavy atom. The first-order chi connectivity index (χ1) is 7.49. The van der Waals surface area contributed by atoms with Crippen LogP contribution >= 0.6 is 15.9 Å². The fourth-order valence-electron chi connectivity index (χ4n) is 1.17. The zero-order valence-corrected chi connectivity index (χ0v) is 10.3. The van der Waals surface area contributed by atoms with E-state index in [0.29, 0.717) is 4.47 Å². The van der Waals surface area contributed by atoms with Gasteiger partial charge in [-0.1, -0.05) is 0 Å². The van der Waals surface area contributed by atoms with Crippen molar-refractivity contribution in [2.75, 3.05) is 6.61 Å². The fourth-order valence-corrected chi connectivity index (χ4v) is 1.64. The number of esters is 1. The standard InChI is InChI=1S/C10H10BrF2NO2/c1-3-16-10(15)6-4-14-8(9(12)13)5(2)7(6)11/h4,9H,3H2,1-2H3. The van der Waals surface area contributed by atoms with Crippen LogP contribution in [0.25, 0.3) is 0 Å². The molecule has 0 N–H and O–H groups in total. The highest BCUT2D eigenvalue weighted by Gasteiger charge is 2.20. The number of carbonyl (C=O) groups excluding carboxylic acids is 1. The lowest BCUT2D eigenvalue weighted by Crippen LogP contribution is -2.08. The summed E-state index contributed by atoms with van der Waals surface area (Å²) in [5, 5.41) is 0. The van der Waals surface area contributed by atoms with Gasteiger partial charge in [0.1, 0.15) is 5.69 Å². The van der Waals surface area contributed by atoms with Crippen molar-refractivity contribution in [3.05, 3.63) is 27.5 Å². The van der Waals surface area contributed by atoms with Gasteiger partial charge in [-0.2, -0.15) is 0 Å². The number of ether oxygens (including phenoxy) is 1. The molecule has 3 nitrogen and oxygen atoms in total. The molecule has 0 radical (unpaired) electrons. The highest BCUT2D eigenvalue weighted by Crippen LogP contribution is 2.28. The predicted molar refractivity (Wildman–Crippen MR) is 57.6 cm³/mol. The first-order valence-corrected chi connectivity index (χ1v) is 5.38. The van der Waals surface area contributed by atoms with Gasteiger partial charge in [0.05, 0.1) is 12.2 Å². The second-order valence-corrected chi connectivity index (χ2v) is 3.81. The molecule has 0 unspecified atom stereocenters. The second kappa shape index (κ2) is 5.34. The number of nitrogens with zero attached hydrogens (tertiary/aromatic N) is 1. The van der Waals surface area contributed by atoms with Crippen LogP contribution in [0.3, 0.4) is 0 Å². The van der Waals surface area contributed by atoms with Crippen LogP contribution in [0.1, 0.15) is 35.0 Å². The van der Waals surface area contributed by atoms with E-state index < -0.39 is 12.4 Å². The van der Waals surface area contributed by atoms with Crippen LogP contribution in [-0.2, 0) is 4.74 Å². The molecule has 1 heterocycles. The predicted octanol–water partition coefficient (Wildman–Crippen LogP) is 3.27. The summed E-state index contributed by atoms with van der Waals surface area (Å²) in [5.74, 6) is -0.578. The highest BCUT2D eigenvalue weighted by atomic mass is 79.9. The van der Waals surface area contributed by atoms with Gasteiger partial charge in [0.15, 0.2) is 0 Å². The Morgan fingerprint density at radius 2 is 2.25 bits per heavy atom. The number of halogens is 3. The summed E-state index contributed by atoms with van der Waals surface area (Å²) in [5.41, 5.74) is 0.0734. The smallest absolute Gasteiger partial charge is 0.340 e. The molecule has 0 spiro atoms. The molecule has 16 heavy (non-hydrogen) atoms. The van der Waals surface area contributed by atoms with Crippen LogP contribution in [-0.4, -0.2) is 17.6 Å². The zero-order valence-electron chi connectivity index (χ0n) is 8.76. The van der Waals surface area contributed by atoms with Crippen molar-refractivity contribution in [3.63, 3.8) is 0 Å². The number of alkyl halides is 2. The summed E-state index contributed by atoms with van der Waals surface area (Å²) < 4.78 is 30.0. The van der Waals surface area contributed by atoms with Crippen LogP contribution in [0.2, 0.25) is 0 Å². The number of pyridine rings is 1. The van der Waals surface area contributed by atoms with Crippen molar-refractivity contribution < 1.29 is 18.3 Å². The van der Waals surface area contributed by atoms with E-state index >= 15 is 0 Å². The minimum atomic E-state index is -2.66. The van der Waals surface area contributed by atoms with Gasteiger partial charge in [-0.25, -0.2) is 13.6 Å². The average Bonchev–Trinajstić information content (AvgIpc) is 2.21. The lowest BCUT2D eigenvalue weighted by atomic mass is 10.1. The zero-order chi connectivity index (χ0) is 12.3. The molecular weight excluding hydrogens is 284 g/mol. The molecule has 1 rings (SSSR count). The molecule has 0 bridgehead atoms. The third kappa shape index (κ3) is 2.55. The molecule has 0 aliphatic rings. The molecule has 0 aliphatic carbocycles. The van der Waals surface area contributed by atoms with Crippen LogP contribution in [0.5, 0.6) is 0 Å². The van der Waals surface area contributed by atoms with Crippen LogP contribution in [0.4, 0.5) is 8.78 Å². The maximum atomic E-state index is 12.5. The Labute approximate surface area is 99.9 Å². The number of hydrogen-bond donors (Lipinski definition) is 0. The van der Waals surface area contributed by atoms with Gasteiger partial charge in [0.25, 0.3) is 6.43 Å². The highest BCUT2D eigenvalue weighted by molar-refractivity contribution is 9.10. The van der Waals surface area contributed by atoms with Gasteiger partial charge >= 0.3 is 5.97 Å². The van der Waals surface area contributed by atoms with Gasteiger partial charge in [-0.05, 0) is 35.3 Å². The topological polar surface area (TPSA) is 39.2 Å². The van der Waals surface area contributed by atoms with Crippen molar-refractivity contribution in [1.82, 2.24) is 4.98 Å². The van der Waals surface area contributed by atoms with Gasteiger partial charge in [-0.3, -0.25) is 4.98 Å². The number of aromatic nitrogens is 1. The fraction of sp³-hybridized carbons (Fsp3) is 0.400. The van der Waals surface area contributed by atoms with Gasteiger partial charge in [0, 0.05) is 10.7 Å². The van der Waals surface area contributed by atoms with E-state index in [2.05, 4.69) is 20.9 Å². The summed E-state index contributed by atoms with van der Waals surface area (Å²) in [6.45, 7) is 3.36. The number of hydrogen-bond acceptors (Lipinski definition) is 3. The maximum Gasteiger partial charge on any atom is 0.340 e. The minimum absolute atomic E-state index is 0.156. The lowest BCUT2D eigenvalue weighted by Gasteiger charge is -2.09. The summed E-state index contributed by atoms with van der Waals surface area (Å²) >= 11 is 3.10. The van der Waals surface area contributed by atoms with Gasteiger partial charge in [0.2, 0.25) is 0 Å². The Morgan fingerprint density at radius 3 is 2.75 bits per heavy atom. The molecule has 1 aromatic heterocycles. The van der Waals surface area contributed by atoms with E-state index in [1.807, 2.05) is 0 Å². The molecule has 6 heteroatoms. The Bertz CT molecular complexity index is 410. The summed E-state index contributed by atoms with van der Waals surface area (Å²) in [7, 11) is 0. The largest absolute Gasteiger partial charge is 0.462 e. The first kappa shape index (κ1) is 13.0. The maximum absolute atomic E-state index is 12.5. The van der Waals surface area contributed by atoms with Crippen LogP contribution < -0.4 is 0 Å². The number of carbonyl (C=O) groups is 1. The minimum Gasteiger partial charge on any atom is -0.462 e. The van der Waals surface area contributed by atoms with E-state index in [0.717, 1.165) is 6.20 Å². The molecule has 1 aromatic rings. The van der Waals surface area contributed by atoms with E-state index in [4.69, 9.17) is 4.74 Å². The van der Waals surface area contributed by atoms with Crippen molar-refractivity contribution >= 4 is 21.9 Å². The van der Waals surface area contributed by atoms with Gasteiger partial charge < -0.3 is 4.74 Å². The molecule has 0 aliphatic heterocycles. The monoisotopic (exact) mass is 293 g/mol. The Hall–Kier alpha value is -1.04. The summed E-state index contributed by atoms with van der Waals surface area (Å²) in [6.07, 6.45) is -1.57. The summed E-state index contributed by atoms with van der Waals surface area (Å²) in [4.78, 5) is 15.0. The third-order valence-corrected chi connectivity index (χ3v) is 3.01. The third-order valence-electron chi connectivity index (χ3n) is 1.98. The molecule has 0 atom stereocenters. The van der Waals surface area contributed by atoms with Crippen molar-refractivity contribution in [2.24, 2.45) is 0 Å². The quantitative estimate of drug-likeness (QED) is 0.803. The van der Waals surface area contributed by atoms with Crippen LogP contribution in [0.15, 0.2) is 10.7 Å². The molecular formula is C10H10BrF2NO2. The normalized spacial score (nSPS) is 10.6. The average molecular weight is 294 g/mol. The molecule has 0 aromatic carbocycles. The molecule has 88 valence electrons. The van der Waals surface area contributed by atoms with Crippen molar-refractivity contribution in [2.45, 2.75) is 20.3 Å².